The first-order chi connectivity index (χ1) is 11.7. The van der Waals surface area contributed by atoms with E-state index in [1.165, 1.54) is 0 Å². The quantitative estimate of drug-likeness (QED) is 0.860. The van der Waals surface area contributed by atoms with Crippen molar-refractivity contribution in [1.82, 2.24) is 0 Å². The summed E-state index contributed by atoms with van der Waals surface area (Å²) < 4.78 is 0. The number of nitriles is 2. The molecular formula is C19H13N5. The van der Waals surface area contributed by atoms with Gasteiger partial charge in [0, 0.05) is 11.3 Å². The van der Waals surface area contributed by atoms with Crippen LogP contribution in [-0.2, 0) is 0 Å². The second kappa shape index (κ2) is 6.60. The van der Waals surface area contributed by atoms with Crippen LogP contribution in [0.2, 0.25) is 0 Å². The molecule has 0 saturated carbocycles. The summed E-state index contributed by atoms with van der Waals surface area (Å²) in [5.74, 6) is 0.874. The summed E-state index contributed by atoms with van der Waals surface area (Å²) in [6, 6.07) is 21.0. The lowest BCUT2D eigenvalue weighted by Crippen LogP contribution is -2.13. The molecule has 1 aliphatic heterocycles. The van der Waals surface area contributed by atoms with Crippen molar-refractivity contribution in [1.29, 1.82) is 10.5 Å². The number of hydrogen-bond donors (Lipinski definition) is 1. The first kappa shape index (κ1) is 15.2. The Morgan fingerprint density at radius 1 is 0.917 bits per heavy atom. The van der Waals surface area contributed by atoms with Crippen molar-refractivity contribution in [3.05, 3.63) is 77.0 Å². The molecule has 114 valence electrons. The number of allylic oxidation sites excluding steroid dienone is 1. The SMILES string of the molecule is Cc1ccc(NC2=NC(c3ccccc3)=NC2=C(C#N)C#N)cc1. The smallest absolute Gasteiger partial charge is 0.162 e. The van der Waals surface area contributed by atoms with Gasteiger partial charge >= 0.3 is 0 Å². The topological polar surface area (TPSA) is 84.3 Å². The Morgan fingerprint density at radius 3 is 2.21 bits per heavy atom. The van der Waals surface area contributed by atoms with E-state index in [0.717, 1.165) is 16.8 Å². The van der Waals surface area contributed by atoms with E-state index < -0.39 is 0 Å². The zero-order chi connectivity index (χ0) is 16.9. The molecule has 0 bridgehead atoms. The predicted molar refractivity (Wildman–Crippen MR) is 93.5 cm³/mol. The largest absolute Gasteiger partial charge is 0.338 e. The Hall–Kier alpha value is -3.70. The van der Waals surface area contributed by atoms with Gasteiger partial charge in [0.15, 0.2) is 17.2 Å². The summed E-state index contributed by atoms with van der Waals surface area (Å²) in [7, 11) is 0. The summed E-state index contributed by atoms with van der Waals surface area (Å²) in [5.41, 5.74) is 2.97. The minimum Gasteiger partial charge on any atom is -0.338 e. The standard InChI is InChI=1S/C19H13N5/c1-13-7-9-16(10-8-13)22-19-17(15(11-20)12-21)23-18(24-19)14-5-3-2-4-6-14/h2-10H,1H3,(H,22,23,24). The van der Waals surface area contributed by atoms with Crippen molar-refractivity contribution in [3.63, 3.8) is 0 Å². The highest BCUT2D eigenvalue weighted by atomic mass is 15.1. The molecule has 0 atom stereocenters. The van der Waals surface area contributed by atoms with Gasteiger partial charge in [-0.25, -0.2) is 9.98 Å². The molecule has 0 aliphatic carbocycles. The molecule has 0 unspecified atom stereocenters. The summed E-state index contributed by atoms with van der Waals surface area (Å²) in [6.07, 6.45) is 0. The Bertz CT molecular complexity index is 920. The third-order valence-electron chi connectivity index (χ3n) is 3.47. The van der Waals surface area contributed by atoms with Crippen LogP contribution in [0.1, 0.15) is 11.1 Å². The fourth-order valence-corrected chi connectivity index (χ4v) is 2.22. The minimum atomic E-state index is -0.0701. The van der Waals surface area contributed by atoms with Crippen molar-refractivity contribution in [2.24, 2.45) is 9.98 Å². The summed E-state index contributed by atoms with van der Waals surface area (Å²) in [6.45, 7) is 2.00. The predicted octanol–water partition coefficient (Wildman–Crippen LogP) is 3.57. The Balaban J connectivity index is 2.02. The van der Waals surface area contributed by atoms with Gasteiger partial charge in [0.1, 0.15) is 17.8 Å². The molecule has 3 rings (SSSR count). The van der Waals surface area contributed by atoms with Crippen molar-refractivity contribution < 1.29 is 0 Å². The summed E-state index contributed by atoms with van der Waals surface area (Å²) >= 11 is 0. The molecule has 1 N–H and O–H groups in total. The Kier molecular flexibility index (Phi) is 4.18. The van der Waals surface area contributed by atoms with E-state index in [-0.39, 0.29) is 11.3 Å². The van der Waals surface area contributed by atoms with Gasteiger partial charge in [0.05, 0.1) is 0 Å². The van der Waals surface area contributed by atoms with E-state index in [1.54, 1.807) is 0 Å². The van der Waals surface area contributed by atoms with E-state index in [1.807, 2.05) is 73.7 Å². The van der Waals surface area contributed by atoms with E-state index in [9.17, 15) is 10.5 Å². The molecule has 5 heteroatoms. The number of hydrogen-bond acceptors (Lipinski definition) is 5. The Labute approximate surface area is 139 Å². The lowest BCUT2D eigenvalue weighted by atomic mass is 10.2. The maximum absolute atomic E-state index is 9.18. The van der Waals surface area contributed by atoms with Crippen molar-refractivity contribution in [2.45, 2.75) is 6.92 Å². The number of nitrogens with zero attached hydrogens (tertiary/aromatic N) is 4. The lowest BCUT2D eigenvalue weighted by Gasteiger charge is -2.06. The third-order valence-corrected chi connectivity index (χ3v) is 3.47. The van der Waals surface area contributed by atoms with Crippen LogP contribution >= 0.6 is 0 Å². The van der Waals surface area contributed by atoms with Crippen LogP contribution in [0.3, 0.4) is 0 Å². The molecule has 0 aromatic heterocycles. The fourth-order valence-electron chi connectivity index (χ4n) is 2.22. The van der Waals surface area contributed by atoms with Gasteiger partial charge in [0.25, 0.3) is 0 Å². The summed E-state index contributed by atoms with van der Waals surface area (Å²) in [5, 5.41) is 21.5. The van der Waals surface area contributed by atoms with Crippen LogP contribution in [0.5, 0.6) is 0 Å². The average Bonchev–Trinajstić information content (AvgIpc) is 3.03. The number of aliphatic imine (C=N–C) groups is 2. The molecular weight excluding hydrogens is 298 g/mol. The second-order valence-electron chi connectivity index (χ2n) is 5.20. The molecule has 2 aromatic rings. The highest BCUT2D eigenvalue weighted by molar-refractivity contribution is 6.22. The van der Waals surface area contributed by atoms with Crippen LogP contribution in [0.25, 0.3) is 0 Å². The van der Waals surface area contributed by atoms with Gasteiger partial charge in [-0.1, -0.05) is 48.0 Å². The van der Waals surface area contributed by atoms with Gasteiger partial charge in [-0.2, -0.15) is 10.5 Å². The molecule has 0 radical (unpaired) electrons. The van der Waals surface area contributed by atoms with Crippen molar-refractivity contribution in [3.8, 4) is 12.1 Å². The molecule has 0 fully saturated rings. The first-order valence-electron chi connectivity index (χ1n) is 7.32. The second-order valence-corrected chi connectivity index (χ2v) is 5.20. The minimum absolute atomic E-state index is 0.0701. The molecule has 1 aliphatic rings. The number of amidine groups is 2. The van der Waals surface area contributed by atoms with Crippen LogP contribution in [0.15, 0.2) is 75.9 Å². The van der Waals surface area contributed by atoms with E-state index in [0.29, 0.717) is 11.7 Å². The highest BCUT2D eigenvalue weighted by Crippen LogP contribution is 2.21. The summed E-state index contributed by atoms with van der Waals surface area (Å²) in [4.78, 5) is 8.85. The number of anilines is 1. The number of benzene rings is 2. The maximum Gasteiger partial charge on any atom is 0.162 e. The molecule has 0 saturated heterocycles. The number of rotatable bonds is 2. The zero-order valence-corrected chi connectivity index (χ0v) is 13.0. The maximum atomic E-state index is 9.18. The molecule has 1 heterocycles. The lowest BCUT2D eigenvalue weighted by molar-refractivity contribution is 1.38. The van der Waals surface area contributed by atoms with Gasteiger partial charge in [-0.05, 0) is 19.1 Å². The number of aryl methyl sites for hydroxylation is 1. The van der Waals surface area contributed by atoms with E-state index >= 15 is 0 Å². The van der Waals surface area contributed by atoms with Gasteiger partial charge in [-0.15, -0.1) is 0 Å². The van der Waals surface area contributed by atoms with E-state index in [2.05, 4.69) is 15.3 Å². The highest BCUT2D eigenvalue weighted by Gasteiger charge is 2.22. The van der Waals surface area contributed by atoms with Crippen LogP contribution in [0, 0.1) is 29.6 Å². The molecule has 2 aromatic carbocycles. The normalized spacial score (nSPS) is 12.7. The van der Waals surface area contributed by atoms with E-state index in [4.69, 9.17) is 0 Å². The van der Waals surface area contributed by atoms with Gasteiger partial charge in [0.2, 0.25) is 0 Å². The van der Waals surface area contributed by atoms with Gasteiger partial charge < -0.3 is 5.32 Å². The monoisotopic (exact) mass is 311 g/mol. The van der Waals surface area contributed by atoms with Crippen LogP contribution < -0.4 is 5.32 Å². The number of nitrogens with one attached hydrogen (secondary N) is 1. The molecule has 0 spiro atoms. The molecule has 24 heavy (non-hydrogen) atoms. The van der Waals surface area contributed by atoms with Crippen molar-refractivity contribution >= 4 is 17.4 Å². The van der Waals surface area contributed by atoms with Crippen molar-refractivity contribution in [2.75, 3.05) is 5.32 Å². The van der Waals surface area contributed by atoms with Crippen LogP contribution in [-0.4, -0.2) is 11.7 Å². The average molecular weight is 311 g/mol. The van der Waals surface area contributed by atoms with Gasteiger partial charge in [-0.3, -0.25) is 0 Å². The molecule has 5 nitrogen and oxygen atoms in total. The fraction of sp³-hybridized carbons (Fsp3) is 0.0526. The molecule has 0 amide bonds. The zero-order valence-electron chi connectivity index (χ0n) is 13.0. The Morgan fingerprint density at radius 2 is 1.58 bits per heavy atom. The first-order valence-corrected chi connectivity index (χ1v) is 7.32. The van der Waals surface area contributed by atoms with Crippen LogP contribution in [0.4, 0.5) is 5.69 Å². The third kappa shape index (κ3) is 3.06.